The van der Waals surface area contributed by atoms with Gasteiger partial charge in [0.2, 0.25) is 5.91 Å². The molecular weight excluding hydrogens is 657 g/mol. The summed E-state index contributed by atoms with van der Waals surface area (Å²) < 4.78 is 52.5. The molecule has 2 bridgehead atoms. The van der Waals surface area contributed by atoms with Crippen molar-refractivity contribution in [3.8, 4) is 41.8 Å². The maximum atomic E-state index is 17.0. The topological polar surface area (TPSA) is 122 Å². The molecule has 2 aromatic carbocycles. The van der Waals surface area contributed by atoms with Crippen LogP contribution in [0.4, 0.5) is 19.0 Å². The molecule has 51 heavy (non-hydrogen) atoms. The summed E-state index contributed by atoms with van der Waals surface area (Å²) in [5, 5.41) is 20.8. The van der Waals surface area contributed by atoms with E-state index in [1.165, 1.54) is 36.5 Å². The van der Waals surface area contributed by atoms with E-state index >= 15 is 4.39 Å². The Morgan fingerprint density at radius 3 is 2.63 bits per heavy atom. The summed E-state index contributed by atoms with van der Waals surface area (Å²) in [6.45, 7) is 8.02. The van der Waals surface area contributed by atoms with Crippen LogP contribution in [0.2, 0.25) is 0 Å². The highest BCUT2D eigenvalue weighted by Gasteiger charge is 2.55. The van der Waals surface area contributed by atoms with E-state index in [-0.39, 0.29) is 95.1 Å². The van der Waals surface area contributed by atoms with Crippen LogP contribution in [0, 0.1) is 52.1 Å². The smallest absolute Gasteiger partial charge is 0.319 e. The Kier molecular flexibility index (Phi) is 8.12. The number of alkyl halides is 1. The van der Waals surface area contributed by atoms with Gasteiger partial charge in [0.05, 0.1) is 51.7 Å². The minimum atomic E-state index is -1.04. The third-order valence-electron chi connectivity index (χ3n) is 10.7. The second kappa shape index (κ2) is 12.3. The molecule has 0 radical (unpaired) electrons. The number of nitrogens with zero attached hydrogens (tertiary/aromatic N) is 8. The average molecular weight is 691 g/mol. The van der Waals surface area contributed by atoms with Crippen molar-refractivity contribution in [2.45, 2.75) is 50.5 Å². The van der Waals surface area contributed by atoms with Gasteiger partial charge in [0.15, 0.2) is 5.82 Å². The van der Waals surface area contributed by atoms with Gasteiger partial charge in [-0.15, -0.1) is 6.42 Å². The molecule has 3 saturated heterocycles. The zero-order valence-corrected chi connectivity index (χ0v) is 28.3. The summed E-state index contributed by atoms with van der Waals surface area (Å²) >= 11 is 0. The standard InChI is InChI=1S/C38H33F3N8O2/c1-6-25-28(40)9-8-22-10-21(14-42)11-26(31(22)25)33-32(41)34-27(15-44-33)35(46-36(45-34)51-20-38(4)12-23(39)16-47(38)5)48-17-24-13-37(3,19-43)29(18-48)49(24)30(50)7-2/h1,7-11,15,23-24,29H,2,12-13,16-18,20H2,3-5H3/t23-,24-,29-,37?,38+/m1/s1. The number of halogens is 3. The van der Waals surface area contributed by atoms with Gasteiger partial charge < -0.3 is 14.5 Å². The molecule has 2 aromatic heterocycles. The molecule has 4 aromatic rings. The minimum absolute atomic E-state index is 0.00739. The molecule has 10 nitrogen and oxygen atoms in total. The Morgan fingerprint density at radius 1 is 1.18 bits per heavy atom. The lowest BCUT2D eigenvalue weighted by Gasteiger charge is -2.42. The molecule has 1 amide bonds. The number of pyridine rings is 1. The predicted octanol–water partition coefficient (Wildman–Crippen LogP) is 5.29. The second-order valence-electron chi connectivity index (χ2n) is 14.0. The van der Waals surface area contributed by atoms with Gasteiger partial charge in [-0.2, -0.15) is 20.5 Å². The number of benzene rings is 2. The zero-order chi connectivity index (χ0) is 36.4. The van der Waals surface area contributed by atoms with E-state index in [1.54, 1.807) is 11.9 Å². The molecule has 0 saturated carbocycles. The number of fused-ring (bicyclic) bond motifs is 4. The molecule has 5 atom stereocenters. The van der Waals surface area contributed by atoms with E-state index in [4.69, 9.17) is 16.1 Å². The Labute approximate surface area is 292 Å². The number of amides is 1. The number of hydrogen-bond acceptors (Lipinski definition) is 9. The largest absolute Gasteiger partial charge is 0.461 e. The first-order valence-corrected chi connectivity index (χ1v) is 16.4. The highest BCUT2D eigenvalue weighted by molar-refractivity contribution is 6.03. The van der Waals surface area contributed by atoms with Crippen molar-refractivity contribution in [3.05, 3.63) is 65.9 Å². The number of carbonyl (C=O) groups is 1. The Hall–Kier alpha value is -5.71. The van der Waals surface area contributed by atoms with Crippen molar-refractivity contribution < 1.29 is 22.7 Å². The van der Waals surface area contributed by atoms with Crippen molar-refractivity contribution in [1.29, 1.82) is 10.5 Å². The monoisotopic (exact) mass is 690 g/mol. The highest BCUT2D eigenvalue weighted by Crippen LogP contribution is 2.46. The lowest BCUT2D eigenvalue weighted by atomic mass is 9.83. The Morgan fingerprint density at radius 2 is 1.96 bits per heavy atom. The van der Waals surface area contributed by atoms with Crippen molar-refractivity contribution in [2.24, 2.45) is 5.41 Å². The van der Waals surface area contributed by atoms with Crippen LogP contribution in [0.5, 0.6) is 6.01 Å². The molecule has 0 spiro atoms. The number of aromatic nitrogens is 3. The first-order chi connectivity index (χ1) is 24.3. The predicted molar refractivity (Wildman–Crippen MR) is 184 cm³/mol. The molecule has 3 fully saturated rings. The summed E-state index contributed by atoms with van der Waals surface area (Å²) in [5.74, 6) is 0.764. The second-order valence-corrected chi connectivity index (χ2v) is 14.0. The van der Waals surface area contributed by atoms with Gasteiger partial charge in [0.25, 0.3) is 0 Å². The number of rotatable bonds is 6. The lowest BCUT2D eigenvalue weighted by molar-refractivity contribution is -0.129. The van der Waals surface area contributed by atoms with Gasteiger partial charge in [0.1, 0.15) is 35.6 Å². The van der Waals surface area contributed by atoms with Gasteiger partial charge in [-0.25, -0.2) is 13.2 Å². The van der Waals surface area contributed by atoms with Crippen LogP contribution < -0.4 is 9.64 Å². The van der Waals surface area contributed by atoms with Crippen LogP contribution in [0.25, 0.3) is 32.9 Å². The maximum Gasteiger partial charge on any atom is 0.319 e. The van der Waals surface area contributed by atoms with E-state index in [0.717, 1.165) is 0 Å². The number of anilines is 1. The number of likely N-dealkylation sites (N-methyl/N-ethyl adjacent to an activating group) is 1. The normalized spacial score (nSPS) is 25.8. The molecule has 0 N–H and O–H groups in total. The molecule has 0 aliphatic carbocycles. The SMILES string of the molecule is C#Cc1c(F)ccc2cc(C#N)cc(-c3ncc4c(N5C[C@H]6CC(C)(C#N)[C@@H](C5)N6C(=O)C=C)nc(OC[C@]5(C)C[C@@H](F)CN5C)nc4c3F)c12. The maximum absolute atomic E-state index is 17.0. The minimum Gasteiger partial charge on any atom is -0.461 e. The van der Waals surface area contributed by atoms with E-state index < -0.39 is 34.8 Å². The fourth-order valence-corrected chi connectivity index (χ4v) is 7.95. The quantitative estimate of drug-likeness (QED) is 0.196. The van der Waals surface area contributed by atoms with Crippen molar-refractivity contribution in [3.63, 3.8) is 0 Å². The van der Waals surface area contributed by atoms with Crippen LogP contribution >= 0.6 is 0 Å². The van der Waals surface area contributed by atoms with E-state index in [9.17, 15) is 24.1 Å². The summed E-state index contributed by atoms with van der Waals surface area (Å²) in [6, 6.07) is 8.98. The molecule has 258 valence electrons. The Bertz CT molecular complexity index is 2280. The first-order valence-electron chi connectivity index (χ1n) is 16.4. The lowest BCUT2D eigenvalue weighted by Crippen LogP contribution is -2.57. The fourth-order valence-electron chi connectivity index (χ4n) is 7.95. The number of nitriles is 2. The number of carbonyl (C=O) groups excluding carboxylic acids is 1. The highest BCUT2D eigenvalue weighted by atomic mass is 19.1. The van der Waals surface area contributed by atoms with Crippen LogP contribution in [0.15, 0.2) is 43.1 Å². The van der Waals surface area contributed by atoms with Gasteiger partial charge in [-0.05, 0) is 57.0 Å². The summed E-state index contributed by atoms with van der Waals surface area (Å²) in [4.78, 5) is 32.1. The number of piperazine rings is 1. The van der Waals surface area contributed by atoms with Gasteiger partial charge in [-0.1, -0.05) is 18.6 Å². The molecular formula is C38H33F3N8O2. The van der Waals surface area contributed by atoms with Crippen LogP contribution in [-0.4, -0.2) is 87.7 Å². The molecule has 3 aliphatic rings. The number of likely N-dealkylation sites (tertiary alicyclic amines) is 1. The molecule has 1 unspecified atom stereocenters. The first kappa shape index (κ1) is 33.8. The summed E-state index contributed by atoms with van der Waals surface area (Å²) in [7, 11) is 1.80. The molecule has 5 heterocycles. The van der Waals surface area contributed by atoms with E-state index in [2.05, 4.69) is 34.6 Å². The van der Waals surface area contributed by atoms with Crippen LogP contribution in [0.1, 0.15) is 37.8 Å². The Balaban J connectivity index is 1.41. The van der Waals surface area contributed by atoms with Crippen molar-refractivity contribution in [2.75, 3.05) is 38.2 Å². The third kappa shape index (κ3) is 5.38. The molecule has 3 aliphatic heterocycles. The van der Waals surface area contributed by atoms with Crippen LogP contribution in [-0.2, 0) is 4.79 Å². The van der Waals surface area contributed by atoms with Gasteiger partial charge >= 0.3 is 6.01 Å². The van der Waals surface area contributed by atoms with Crippen molar-refractivity contribution in [1.82, 2.24) is 24.8 Å². The van der Waals surface area contributed by atoms with E-state index in [1.807, 2.05) is 23.6 Å². The fraction of sp³-hybridized carbons (Fsp3) is 0.368. The van der Waals surface area contributed by atoms with Crippen molar-refractivity contribution >= 4 is 33.4 Å². The molecule has 7 rings (SSSR count). The zero-order valence-electron chi connectivity index (χ0n) is 28.3. The van der Waals surface area contributed by atoms with Gasteiger partial charge in [-0.3, -0.25) is 14.7 Å². The van der Waals surface area contributed by atoms with Crippen LogP contribution in [0.3, 0.4) is 0 Å². The summed E-state index contributed by atoms with van der Waals surface area (Å²) in [6.07, 6.45) is 7.93. The number of terminal acetylenes is 1. The third-order valence-corrected chi connectivity index (χ3v) is 10.7. The van der Waals surface area contributed by atoms with Gasteiger partial charge in [0, 0.05) is 43.2 Å². The summed E-state index contributed by atoms with van der Waals surface area (Å²) in [5.41, 5.74) is -1.75. The number of ether oxygens (including phenoxy) is 1. The average Bonchev–Trinajstić information content (AvgIpc) is 3.49. The number of hydrogen-bond donors (Lipinski definition) is 0. The molecule has 13 heteroatoms. The van der Waals surface area contributed by atoms with E-state index in [0.29, 0.717) is 11.8 Å².